The third-order valence-corrected chi connectivity index (χ3v) is 4.44. The molecule has 0 fully saturated rings. The summed E-state index contributed by atoms with van der Waals surface area (Å²) in [4.78, 5) is 50.1. The molecule has 4 rings (SSSR count). The van der Waals surface area contributed by atoms with Gasteiger partial charge in [-0.05, 0) is 36.4 Å². The quantitative estimate of drug-likeness (QED) is 0.386. The zero-order valence-corrected chi connectivity index (χ0v) is 14.8. The molecule has 1 aliphatic heterocycles. The Morgan fingerprint density at radius 1 is 0.793 bits per heavy atom. The molecule has 1 aliphatic rings. The molecule has 0 aliphatic carbocycles. The van der Waals surface area contributed by atoms with Crippen LogP contribution in [-0.2, 0) is 0 Å². The van der Waals surface area contributed by atoms with Crippen molar-refractivity contribution in [3.05, 3.63) is 95.1 Å². The lowest BCUT2D eigenvalue weighted by Gasteiger charge is -2.18. The Balaban J connectivity index is 1.69. The fraction of sp³-hybridized carbons (Fsp3) is 0. The summed E-state index contributed by atoms with van der Waals surface area (Å²) in [7, 11) is 0. The largest absolute Gasteiger partial charge is 0.545 e. The maximum Gasteiger partial charge on any atom is 0.343 e. The Hall–Kier alpha value is -4.26. The van der Waals surface area contributed by atoms with Crippen LogP contribution in [0.2, 0.25) is 0 Å². The minimum atomic E-state index is -1.51. The highest BCUT2D eigenvalue weighted by molar-refractivity contribution is 6.35. The first-order chi connectivity index (χ1) is 14.0. The Morgan fingerprint density at radius 3 is 2.17 bits per heavy atom. The fourth-order valence-corrected chi connectivity index (χ4v) is 3.08. The van der Waals surface area contributed by atoms with E-state index in [1.807, 2.05) is 0 Å². The molecule has 0 aromatic heterocycles. The number of imide groups is 1. The van der Waals surface area contributed by atoms with Crippen molar-refractivity contribution in [3.8, 4) is 5.75 Å². The monoisotopic (exact) mass is 386 g/mol. The number of amides is 2. The van der Waals surface area contributed by atoms with E-state index in [0.717, 1.165) is 4.90 Å². The number of rotatable bonds is 4. The second-order valence-electron chi connectivity index (χ2n) is 6.21. The number of para-hydroxylation sites is 2. The van der Waals surface area contributed by atoms with Crippen LogP contribution in [0.1, 0.15) is 41.4 Å². The molecule has 0 unspecified atom stereocenters. The summed E-state index contributed by atoms with van der Waals surface area (Å²) in [6.07, 6.45) is 0. The smallest absolute Gasteiger partial charge is 0.343 e. The number of aromatic carboxylic acids is 1. The average molecular weight is 386 g/mol. The Kier molecular flexibility index (Phi) is 4.40. The number of nitrogens with zero attached hydrogens (tertiary/aromatic N) is 1. The summed E-state index contributed by atoms with van der Waals surface area (Å²) < 4.78 is 5.25. The van der Waals surface area contributed by atoms with Crippen LogP contribution in [0, 0.1) is 0 Å². The van der Waals surface area contributed by atoms with Crippen molar-refractivity contribution >= 4 is 29.4 Å². The summed E-state index contributed by atoms with van der Waals surface area (Å²) in [5.41, 5.74) is -0.230. The molecule has 7 nitrogen and oxygen atoms in total. The van der Waals surface area contributed by atoms with E-state index in [1.54, 1.807) is 30.3 Å². The number of carbonyl (C=O) groups is 4. The van der Waals surface area contributed by atoms with Crippen molar-refractivity contribution in [2.75, 3.05) is 4.90 Å². The number of benzene rings is 3. The van der Waals surface area contributed by atoms with Gasteiger partial charge in [0.2, 0.25) is 0 Å². The molecule has 0 atom stereocenters. The van der Waals surface area contributed by atoms with Crippen molar-refractivity contribution in [1.82, 2.24) is 0 Å². The van der Waals surface area contributed by atoms with Crippen LogP contribution < -0.4 is 14.7 Å². The number of fused-ring (bicyclic) bond motifs is 1. The molecule has 0 N–H and O–H groups in total. The van der Waals surface area contributed by atoms with Gasteiger partial charge in [0.15, 0.2) is 0 Å². The van der Waals surface area contributed by atoms with E-state index in [-0.39, 0.29) is 27.9 Å². The van der Waals surface area contributed by atoms with Gasteiger partial charge in [0, 0.05) is 5.56 Å². The predicted octanol–water partition coefficient (Wildman–Crippen LogP) is 2.07. The highest BCUT2D eigenvalue weighted by atomic mass is 16.5. The highest BCUT2D eigenvalue weighted by Gasteiger charge is 2.38. The number of hydrogen-bond donors (Lipinski definition) is 0. The molecule has 3 aromatic carbocycles. The van der Waals surface area contributed by atoms with Crippen LogP contribution in [0.4, 0.5) is 5.69 Å². The minimum absolute atomic E-state index is 0.00865. The number of carboxylic acid groups (broad SMARTS) is 1. The van der Waals surface area contributed by atoms with Crippen molar-refractivity contribution in [2.45, 2.75) is 0 Å². The van der Waals surface area contributed by atoms with E-state index < -0.39 is 23.8 Å². The average Bonchev–Trinajstić information content (AvgIpc) is 2.98. The number of carbonyl (C=O) groups excluding carboxylic acids is 4. The van der Waals surface area contributed by atoms with E-state index in [2.05, 4.69) is 0 Å². The lowest BCUT2D eigenvalue weighted by atomic mass is 10.1. The summed E-state index contributed by atoms with van der Waals surface area (Å²) >= 11 is 0. The van der Waals surface area contributed by atoms with Gasteiger partial charge in [-0.2, -0.15) is 0 Å². The van der Waals surface area contributed by atoms with Gasteiger partial charge in [-0.25, -0.2) is 9.69 Å². The number of ether oxygens (including phenoxy) is 1. The molecule has 3 aromatic rings. The van der Waals surface area contributed by atoms with Gasteiger partial charge >= 0.3 is 5.97 Å². The molecule has 1 heterocycles. The van der Waals surface area contributed by atoms with Gasteiger partial charge in [-0.3, -0.25) is 9.59 Å². The molecule has 7 heteroatoms. The minimum Gasteiger partial charge on any atom is -0.545 e. The highest BCUT2D eigenvalue weighted by Crippen LogP contribution is 2.31. The van der Waals surface area contributed by atoms with E-state index in [9.17, 15) is 24.3 Å². The molecule has 2 amide bonds. The summed E-state index contributed by atoms with van der Waals surface area (Å²) in [5, 5.41) is 11.4. The topological polar surface area (TPSA) is 104 Å². The molecule has 0 saturated carbocycles. The molecular weight excluding hydrogens is 374 g/mol. The van der Waals surface area contributed by atoms with E-state index >= 15 is 0 Å². The van der Waals surface area contributed by atoms with Crippen LogP contribution >= 0.6 is 0 Å². The Morgan fingerprint density at radius 2 is 1.45 bits per heavy atom. The van der Waals surface area contributed by atoms with Gasteiger partial charge in [0.25, 0.3) is 11.8 Å². The van der Waals surface area contributed by atoms with Gasteiger partial charge in [0.05, 0.1) is 28.3 Å². The summed E-state index contributed by atoms with van der Waals surface area (Å²) in [6, 6.07) is 18.0. The van der Waals surface area contributed by atoms with Crippen molar-refractivity contribution < 1.29 is 29.0 Å². The third kappa shape index (κ3) is 3.14. The molecule has 0 saturated heterocycles. The normalized spacial score (nSPS) is 12.6. The molecule has 0 bridgehead atoms. The first kappa shape index (κ1) is 18.1. The molecule has 142 valence electrons. The molecule has 0 spiro atoms. The van der Waals surface area contributed by atoms with Gasteiger partial charge in [0.1, 0.15) is 5.75 Å². The number of hydrogen-bond acceptors (Lipinski definition) is 6. The van der Waals surface area contributed by atoms with Crippen molar-refractivity contribution in [3.63, 3.8) is 0 Å². The van der Waals surface area contributed by atoms with Crippen molar-refractivity contribution in [2.24, 2.45) is 0 Å². The molecular formula is C22H12NO6-. The second kappa shape index (κ2) is 7.05. The lowest BCUT2D eigenvalue weighted by molar-refractivity contribution is -0.254. The first-order valence-corrected chi connectivity index (χ1v) is 8.58. The number of anilines is 1. The number of carboxylic acids is 1. The van der Waals surface area contributed by atoms with Gasteiger partial charge < -0.3 is 14.6 Å². The molecule has 29 heavy (non-hydrogen) atoms. The first-order valence-electron chi connectivity index (χ1n) is 8.58. The third-order valence-electron chi connectivity index (χ3n) is 4.44. The van der Waals surface area contributed by atoms with Crippen LogP contribution in [-0.4, -0.2) is 23.8 Å². The van der Waals surface area contributed by atoms with Gasteiger partial charge in [-0.15, -0.1) is 0 Å². The van der Waals surface area contributed by atoms with Crippen LogP contribution in [0.25, 0.3) is 0 Å². The fourth-order valence-electron chi connectivity index (χ4n) is 3.08. The lowest BCUT2D eigenvalue weighted by Crippen LogP contribution is -2.33. The predicted molar refractivity (Wildman–Crippen MR) is 99.8 cm³/mol. The van der Waals surface area contributed by atoms with Crippen LogP contribution in [0.3, 0.4) is 0 Å². The van der Waals surface area contributed by atoms with Crippen LogP contribution in [0.5, 0.6) is 5.75 Å². The van der Waals surface area contributed by atoms with Crippen LogP contribution in [0.15, 0.2) is 72.8 Å². The summed E-state index contributed by atoms with van der Waals surface area (Å²) in [6.45, 7) is 0. The van der Waals surface area contributed by atoms with E-state index in [0.29, 0.717) is 5.75 Å². The van der Waals surface area contributed by atoms with E-state index in [4.69, 9.17) is 4.74 Å². The number of esters is 1. The zero-order chi connectivity index (χ0) is 20.5. The Bertz CT molecular complexity index is 1170. The maximum atomic E-state index is 12.9. The standard InChI is InChI=1S/C22H13NO6/c24-19-15-11-10-13(22(28)29-14-6-2-1-3-7-14)12-17(15)20(25)23(19)18-9-5-4-8-16(18)21(26)27/h1-12H,(H,26,27)/p-1. The maximum absolute atomic E-state index is 12.9. The zero-order valence-electron chi connectivity index (χ0n) is 14.8. The van der Waals surface area contributed by atoms with E-state index in [1.165, 1.54) is 42.5 Å². The van der Waals surface area contributed by atoms with Gasteiger partial charge in [-0.1, -0.05) is 36.4 Å². The second-order valence-corrected chi connectivity index (χ2v) is 6.21. The summed E-state index contributed by atoms with van der Waals surface area (Å²) in [5.74, 6) is -3.27. The molecule has 0 radical (unpaired) electrons. The van der Waals surface area contributed by atoms with Crippen molar-refractivity contribution in [1.29, 1.82) is 0 Å². The SMILES string of the molecule is O=C(Oc1ccccc1)c1ccc2c(c1)C(=O)N(c1ccccc1C(=O)[O-])C2=O. The Labute approximate surface area is 164 Å².